The molecule has 24 heavy (non-hydrogen) atoms. The molecule has 0 aliphatic carbocycles. The summed E-state index contributed by atoms with van der Waals surface area (Å²) >= 11 is 7.96. The third kappa shape index (κ3) is 2.41. The second-order valence-electron chi connectivity index (χ2n) is 6.34. The van der Waals surface area contributed by atoms with Gasteiger partial charge >= 0.3 is 150 Å². The molecule has 0 radical (unpaired) electrons. The van der Waals surface area contributed by atoms with Gasteiger partial charge in [0, 0.05) is 0 Å². The minimum atomic E-state index is -3.07. The summed E-state index contributed by atoms with van der Waals surface area (Å²) in [5, 5.41) is 3.74. The first kappa shape index (κ1) is 17.2. The number of benzene rings is 3. The second-order valence-corrected chi connectivity index (χ2v) is 13.0. The molecule has 3 rings (SSSR count). The minimum absolute atomic E-state index is 0.338. The zero-order valence-electron chi connectivity index (χ0n) is 14.3. The van der Waals surface area contributed by atoms with Gasteiger partial charge in [-0.2, -0.15) is 0 Å². The molecule has 0 aromatic heterocycles. The van der Waals surface area contributed by atoms with Crippen LogP contribution in [0.25, 0.3) is 0 Å². The van der Waals surface area contributed by atoms with E-state index in [0.717, 1.165) is 6.42 Å². The van der Waals surface area contributed by atoms with E-state index in [4.69, 9.17) is 11.2 Å². The number of hydrogen-bond donors (Lipinski definition) is 0. The fourth-order valence-electron chi connectivity index (χ4n) is 3.71. The van der Waals surface area contributed by atoms with Gasteiger partial charge in [-0.05, 0) is 0 Å². The molecule has 0 fully saturated rings. The summed E-state index contributed by atoms with van der Waals surface area (Å²) in [5.41, 5.74) is 0.338. The van der Waals surface area contributed by atoms with Gasteiger partial charge in [-0.1, -0.05) is 0 Å². The van der Waals surface area contributed by atoms with E-state index in [1.165, 1.54) is 15.9 Å². The van der Waals surface area contributed by atoms with Gasteiger partial charge in [0.2, 0.25) is 0 Å². The molecule has 0 saturated carbocycles. The Balaban J connectivity index is 2.48. The normalized spacial score (nSPS) is 14.5. The molecule has 0 aliphatic heterocycles. The van der Waals surface area contributed by atoms with Gasteiger partial charge in [-0.25, -0.2) is 0 Å². The van der Waals surface area contributed by atoms with Gasteiger partial charge in [0.05, 0.1) is 0 Å². The van der Waals surface area contributed by atoms with Crippen LogP contribution in [0.2, 0.25) is 0 Å². The third-order valence-corrected chi connectivity index (χ3v) is 13.9. The summed E-state index contributed by atoms with van der Waals surface area (Å²) in [4.78, 5) is 0. The van der Waals surface area contributed by atoms with Crippen molar-refractivity contribution in [1.82, 2.24) is 0 Å². The maximum absolute atomic E-state index is 7.96. The Labute approximate surface area is 150 Å². The van der Waals surface area contributed by atoms with Crippen LogP contribution in [0.15, 0.2) is 91.0 Å². The average Bonchev–Trinajstić information content (AvgIpc) is 2.69. The maximum atomic E-state index is 7.96. The van der Waals surface area contributed by atoms with Gasteiger partial charge in [-0.15, -0.1) is 0 Å². The topological polar surface area (TPSA) is 0 Å². The van der Waals surface area contributed by atoms with E-state index in [0.29, 0.717) is 5.66 Å². The second kappa shape index (κ2) is 6.71. The molecular formula is C22H24ClP. The van der Waals surface area contributed by atoms with Crippen LogP contribution in [0.3, 0.4) is 0 Å². The van der Waals surface area contributed by atoms with Crippen molar-refractivity contribution in [3.8, 4) is 0 Å². The molecule has 3 aromatic carbocycles. The van der Waals surface area contributed by atoms with Gasteiger partial charge in [0.15, 0.2) is 0 Å². The molecule has 1 atom stereocenters. The van der Waals surface area contributed by atoms with Crippen molar-refractivity contribution in [2.45, 2.75) is 25.9 Å². The zero-order chi connectivity index (χ0) is 17.1. The van der Waals surface area contributed by atoms with Crippen LogP contribution >= 0.6 is 17.2 Å². The van der Waals surface area contributed by atoms with Crippen LogP contribution < -0.4 is 15.9 Å². The van der Waals surface area contributed by atoms with Crippen LogP contribution in [0.5, 0.6) is 0 Å². The molecule has 0 heterocycles. The van der Waals surface area contributed by atoms with Crippen LogP contribution in [0, 0.1) is 0 Å². The number of rotatable bonds is 5. The molecule has 0 N–H and O–H groups in total. The first-order valence-corrected chi connectivity index (χ1v) is 11.7. The van der Waals surface area contributed by atoms with E-state index < -0.39 is 5.96 Å². The van der Waals surface area contributed by atoms with Crippen molar-refractivity contribution in [1.29, 1.82) is 0 Å². The average molecular weight is 355 g/mol. The Kier molecular flexibility index (Phi) is 4.81. The van der Waals surface area contributed by atoms with Crippen LogP contribution in [-0.2, 0) is 0 Å². The molecular weight excluding hydrogens is 331 g/mol. The van der Waals surface area contributed by atoms with Crippen LogP contribution in [0.4, 0.5) is 0 Å². The van der Waals surface area contributed by atoms with E-state index in [2.05, 4.69) is 105 Å². The van der Waals surface area contributed by atoms with E-state index in [-0.39, 0.29) is 0 Å². The predicted octanol–water partition coefficient (Wildman–Crippen LogP) is 5.47. The van der Waals surface area contributed by atoms with Crippen molar-refractivity contribution in [2.24, 2.45) is 0 Å². The summed E-state index contributed by atoms with van der Waals surface area (Å²) in [5.74, 6) is -3.07. The summed E-state index contributed by atoms with van der Waals surface area (Å²) < 4.78 is 0. The molecule has 3 aromatic rings. The predicted molar refractivity (Wildman–Crippen MR) is 111 cm³/mol. The summed E-state index contributed by atoms with van der Waals surface area (Å²) in [6.07, 6.45) is 1.03. The van der Waals surface area contributed by atoms with Crippen LogP contribution in [-0.4, -0.2) is 5.66 Å². The van der Waals surface area contributed by atoms with Gasteiger partial charge in [0.1, 0.15) is 0 Å². The van der Waals surface area contributed by atoms with E-state index in [9.17, 15) is 0 Å². The SMILES string of the molecule is CCC(C)P(Cl)(c1ccccc1)(c1ccccc1)c1ccccc1. The number of halogens is 1. The Morgan fingerprint density at radius 1 is 0.667 bits per heavy atom. The van der Waals surface area contributed by atoms with E-state index >= 15 is 0 Å². The molecule has 0 aliphatic rings. The van der Waals surface area contributed by atoms with Crippen molar-refractivity contribution in [3.63, 3.8) is 0 Å². The standard InChI is InChI=1S/C22H24ClP/c1-3-19(2)24(23,20-13-7-4-8-14-20,21-15-9-5-10-16-21)22-17-11-6-12-18-22/h4-19H,3H2,1-2H3. The fourth-order valence-corrected chi connectivity index (χ4v) is 10.5. The van der Waals surface area contributed by atoms with E-state index in [1.807, 2.05) is 0 Å². The van der Waals surface area contributed by atoms with Gasteiger partial charge in [0.25, 0.3) is 0 Å². The molecule has 0 nitrogen and oxygen atoms in total. The first-order chi connectivity index (χ1) is 11.6. The van der Waals surface area contributed by atoms with Crippen LogP contribution in [0.1, 0.15) is 20.3 Å². The quantitative estimate of drug-likeness (QED) is 0.533. The molecule has 2 heteroatoms. The Morgan fingerprint density at radius 2 is 0.958 bits per heavy atom. The summed E-state index contributed by atoms with van der Waals surface area (Å²) in [6, 6.07) is 32.1. The fraction of sp³-hybridized carbons (Fsp3) is 0.182. The van der Waals surface area contributed by atoms with Crippen molar-refractivity contribution >= 4 is 33.1 Å². The van der Waals surface area contributed by atoms with Crippen molar-refractivity contribution in [2.75, 3.05) is 0 Å². The summed E-state index contributed by atoms with van der Waals surface area (Å²) in [7, 11) is 0. The molecule has 124 valence electrons. The van der Waals surface area contributed by atoms with Crippen molar-refractivity contribution < 1.29 is 0 Å². The molecule has 0 spiro atoms. The third-order valence-electron chi connectivity index (χ3n) is 5.20. The Morgan fingerprint density at radius 3 is 1.21 bits per heavy atom. The monoisotopic (exact) mass is 354 g/mol. The van der Waals surface area contributed by atoms with Gasteiger partial charge in [-0.3, -0.25) is 0 Å². The van der Waals surface area contributed by atoms with E-state index in [1.54, 1.807) is 0 Å². The molecule has 0 saturated heterocycles. The molecule has 1 unspecified atom stereocenters. The first-order valence-electron chi connectivity index (χ1n) is 8.52. The Bertz CT molecular complexity index is 685. The Hall–Kier alpha value is -1.62. The summed E-state index contributed by atoms with van der Waals surface area (Å²) in [6.45, 7) is 4.54. The number of hydrogen-bond acceptors (Lipinski definition) is 0. The van der Waals surface area contributed by atoms with Crippen molar-refractivity contribution in [3.05, 3.63) is 91.0 Å². The van der Waals surface area contributed by atoms with Gasteiger partial charge < -0.3 is 0 Å². The zero-order valence-corrected chi connectivity index (χ0v) is 15.9. The molecule has 0 bridgehead atoms. The molecule has 0 amide bonds.